The van der Waals surface area contributed by atoms with Crippen LogP contribution < -0.4 is 16.0 Å². The van der Waals surface area contributed by atoms with Crippen LogP contribution in [0.2, 0.25) is 0 Å². The van der Waals surface area contributed by atoms with Crippen LogP contribution in [0.5, 0.6) is 0 Å². The highest BCUT2D eigenvalue weighted by Gasteiger charge is 2.40. The molecule has 1 saturated heterocycles. The van der Waals surface area contributed by atoms with Crippen molar-refractivity contribution in [2.75, 3.05) is 33.4 Å². The van der Waals surface area contributed by atoms with Gasteiger partial charge >= 0.3 is 0 Å². The third-order valence-electron chi connectivity index (χ3n) is 3.80. The topological polar surface area (TPSA) is 79.5 Å². The van der Waals surface area contributed by atoms with Gasteiger partial charge < -0.3 is 20.7 Å². The fourth-order valence-corrected chi connectivity index (χ4v) is 2.59. The van der Waals surface area contributed by atoms with Crippen molar-refractivity contribution >= 4 is 11.8 Å². The van der Waals surface area contributed by atoms with Gasteiger partial charge in [0.25, 0.3) is 0 Å². The van der Waals surface area contributed by atoms with E-state index in [1.54, 1.807) is 14.0 Å². The van der Waals surface area contributed by atoms with E-state index in [-0.39, 0.29) is 17.2 Å². The van der Waals surface area contributed by atoms with Crippen LogP contribution in [0.4, 0.5) is 0 Å². The zero-order chi connectivity index (χ0) is 15.0. The fraction of sp³-hybridized carbons (Fsp3) is 0.857. The highest BCUT2D eigenvalue weighted by molar-refractivity contribution is 5.90. The molecule has 0 aromatic carbocycles. The first-order valence-corrected chi connectivity index (χ1v) is 7.34. The van der Waals surface area contributed by atoms with Crippen molar-refractivity contribution in [3.63, 3.8) is 0 Å². The monoisotopic (exact) mass is 285 g/mol. The lowest BCUT2D eigenvalue weighted by molar-refractivity contribution is -0.134. The number of hydrogen-bond donors (Lipinski definition) is 3. The molecule has 2 unspecified atom stereocenters. The van der Waals surface area contributed by atoms with Crippen molar-refractivity contribution in [1.29, 1.82) is 0 Å². The van der Waals surface area contributed by atoms with E-state index in [1.165, 1.54) is 0 Å². The van der Waals surface area contributed by atoms with Gasteiger partial charge in [0, 0.05) is 20.2 Å². The Balaban J connectivity index is 2.48. The molecule has 116 valence electrons. The number of carbonyl (C=O) groups excluding carboxylic acids is 2. The summed E-state index contributed by atoms with van der Waals surface area (Å²) in [7, 11) is 1.58. The van der Waals surface area contributed by atoms with Gasteiger partial charge in [-0.15, -0.1) is 0 Å². The Bertz CT molecular complexity index is 328. The molecule has 1 heterocycles. The van der Waals surface area contributed by atoms with E-state index in [0.717, 1.165) is 25.8 Å². The van der Waals surface area contributed by atoms with E-state index in [4.69, 9.17) is 4.74 Å². The summed E-state index contributed by atoms with van der Waals surface area (Å²) >= 11 is 0. The fourth-order valence-electron chi connectivity index (χ4n) is 2.59. The molecule has 0 saturated carbocycles. The van der Waals surface area contributed by atoms with Gasteiger partial charge in [0.2, 0.25) is 11.8 Å². The van der Waals surface area contributed by atoms with Crippen molar-refractivity contribution < 1.29 is 14.3 Å². The normalized spacial score (nSPS) is 23.4. The van der Waals surface area contributed by atoms with Crippen LogP contribution in [0.25, 0.3) is 0 Å². The van der Waals surface area contributed by atoms with Gasteiger partial charge in [-0.25, -0.2) is 0 Å². The maximum atomic E-state index is 12.4. The summed E-state index contributed by atoms with van der Waals surface area (Å²) in [5.74, 6) is -0.188. The number of rotatable bonds is 8. The lowest BCUT2D eigenvalue weighted by Gasteiger charge is -2.28. The zero-order valence-electron chi connectivity index (χ0n) is 12.8. The van der Waals surface area contributed by atoms with Crippen molar-refractivity contribution in [3.05, 3.63) is 0 Å². The lowest BCUT2D eigenvalue weighted by atomic mass is 9.81. The summed E-state index contributed by atoms with van der Waals surface area (Å²) < 4.78 is 4.87. The van der Waals surface area contributed by atoms with E-state index in [1.807, 2.05) is 0 Å². The Morgan fingerprint density at radius 3 is 2.75 bits per heavy atom. The Kier molecular flexibility index (Phi) is 6.95. The number of ether oxygens (including phenoxy) is 1. The molecule has 1 aliphatic heterocycles. The summed E-state index contributed by atoms with van der Waals surface area (Å²) in [5, 5.41) is 8.82. The molecule has 20 heavy (non-hydrogen) atoms. The van der Waals surface area contributed by atoms with Crippen LogP contribution in [0.15, 0.2) is 0 Å². The molecular weight excluding hydrogens is 258 g/mol. The molecule has 0 aromatic heterocycles. The number of hydrogen-bond acceptors (Lipinski definition) is 4. The molecule has 1 rings (SSSR count). The predicted octanol–water partition coefficient (Wildman–Crippen LogP) is 0.0335. The minimum absolute atomic E-state index is 0.0151. The molecule has 6 heteroatoms. The first kappa shape index (κ1) is 16.9. The third kappa shape index (κ3) is 4.45. The maximum Gasteiger partial charge on any atom is 0.242 e. The third-order valence-corrected chi connectivity index (χ3v) is 3.80. The van der Waals surface area contributed by atoms with Crippen LogP contribution in [0, 0.1) is 5.41 Å². The maximum absolute atomic E-state index is 12.4. The van der Waals surface area contributed by atoms with Crippen LogP contribution in [0.1, 0.15) is 33.1 Å². The smallest absolute Gasteiger partial charge is 0.242 e. The molecule has 2 atom stereocenters. The highest BCUT2D eigenvalue weighted by Crippen LogP contribution is 2.31. The summed E-state index contributed by atoms with van der Waals surface area (Å²) in [6.07, 6.45) is 2.65. The first-order valence-electron chi connectivity index (χ1n) is 7.34. The Labute approximate surface area is 121 Å². The standard InChI is InChI=1S/C14H27N3O3/c1-4-5-14(6-7-15-10-14)13(19)17-11(2)12(18)16-8-9-20-3/h11,15H,4-10H2,1-3H3,(H,16,18)(H,17,19). The van der Waals surface area contributed by atoms with Crippen LogP contribution >= 0.6 is 0 Å². The molecule has 1 aliphatic rings. The Morgan fingerprint density at radius 1 is 1.45 bits per heavy atom. The number of nitrogens with one attached hydrogen (secondary N) is 3. The van der Waals surface area contributed by atoms with E-state index < -0.39 is 6.04 Å². The average Bonchev–Trinajstić information content (AvgIpc) is 2.89. The summed E-state index contributed by atoms with van der Waals surface area (Å²) in [6.45, 7) is 6.27. The second-order valence-electron chi connectivity index (χ2n) is 5.44. The largest absolute Gasteiger partial charge is 0.383 e. The van der Waals surface area contributed by atoms with Crippen molar-refractivity contribution in [2.45, 2.75) is 39.2 Å². The van der Waals surface area contributed by atoms with E-state index >= 15 is 0 Å². The van der Waals surface area contributed by atoms with Gasteiger partial charge in [-0.05, 0) is 26.3 Å². The number of carbonyl (C=O) groups is 2. The minimum atomic E-state index is -0.520. The molecule has 2 amide bonds. The minimum Gasteiger partial charge on any atom is -0.383 e. The molecule has 0 spiro atoms. The second kappa shape index (κ2) is 8.21. The van der Waals surface area contributed by atoms with Gasteiger partial charge in [-0.2, -0.15) is 0 Å². The second-order valence-corrected chi connectivity index (χ2v) is 5.44. The molecular formula is C14H27N3O3. The first-order chi connectivity index (χ1) is 9.55. The average molecular weight is 285 g/mol. The predicted molar refractivity (Wildman–Crippen MR) is 77.3 cm³/mol. The van der Waals surface area contributed by atoms with E-state index in [9.17, 15) is 9.59 Å². The lowest BCUT2D eigenvalue weighted by Crippen LogP contribution is -2.51. The van der Waals surface area contributed by atoms with Gasteiger partial charge in [0.1, 0.15) is 6.04 Å². The van der Waals surface area contributed by atoms with Crippen molar-refractivity contribution in [3.8, 4) is 0 Å². The summed E-state index contributed by atoms with van der Waals surface area (Å²) in [4.78, 5) is 24.3. The number of amides is 2. The van der Waals surface area contributed by atoms with Gasteiger partial charge in [0.05, 0.1) is 12.0 Å². The molecule has 0 bridgehead atoms. The van der Waals surface area contributed by atoms with E-state index in [0.29, 0.717) is 19.7 Å². The molecule has 0 radical (unpaired) electrons. The van der Waals surface area contributed by atoms with Crippen LogP contribution in [-0.4, -0.2) is 51.2 Å². The quantitative estimate of drug-likeness (QED) is 0.550. The molecule has 6 nitrogen and oxygen atoms in total. The van der Waals surface area contributed by atoms with Crippen LogP contribution in [-0.2, 0) is 14.3 Å². The molecule has 3 N–H and O–H groups in total. The highest BCUT2D eigenvalue weighted by atomic mass is 16.5. The Morgan fingerprint density at radius 2 is 2.20 bits per heavy atom. The van der Waals surface area contributed by atoms with Crippen molar-refractivity contribution in [2.24, 2.45) is 5.41 Å². The SMILES string of the molecule is CCCC1(C(=O)NC(C)C(=O)NCCOC)CCNC1. The van der Waals surface area contributed by atoms with Gasteiger partial charge in [0.15, 0.2) is 0 Å². The molecule has 0 aliphatic carbocycles. The van der Waals surface area contributed by atoms with Crippen LogP contribution in [0.3, 0.4) is 0 Å². The number of methoxy groups -OCH3 is 1. The van der Waals surface area contributed by atoms with E-state index in [2.05, 4.69) is 22.9 Å². The van der Waals surface area contributed by atoms with Gasteiger partial charge in [-0.1, -0.05) is 13.3 Å². The molecule has 1 fully saturated rings. The Hall–Kier alpha value is -1.14. The summed E-state index contributed by atoms with van der Waals surface area (Å²) in [6, 6.07) is -0.520. The zero-order valence-corrected chi connectivity index (χ0v) is 12.8. The summed E-state index contributed by atoms with van der Waals surface area (Å²) in [5.41, 5.74) is -0.351. The van der Waals surface area contributed by atoms with Crippen molar-refractivity contribution in [1.82, 2.24) is 16.0 Å². The van der Waals surface area contributed by atoms with Gasteiger partial charge in [-0.3, -0.25) is 9.59 Å². The molecule has 0 aromatic rings.